The van der Waals surface area contributed by atoms with Crippen LogP contribution in [0.25, 0.3) is 0 Å². The van der Waals surface area contributed by atoms with Crippen LogP contribution < -0.4 is 0 Å². The topological polar surface area (TPSA) is 77.3 Å². The second-order valence-corrected chi connectivity index (χ2v) is 6.18. The van der Waals surface area contributed by atoms with Gasteiger partial charge in [0.1, 0.15) is 4.90 Å². The van der Waals surface area contributed by atoms with Crippen LogP contribution in [0.1, 0.15) is 13.3 Å². The van der Waals surface area contributed by atoms with Crippen LogP contribution in [0.3, 0.4) is 0 Å². The zero-order valence-electron chi connectivity index (χ0n) is 8.51. The molecule has 5 nitrogen and oxygen atoms in total. The normalized spacial score (nSPS) is 11.4. The Labute approximate surface area is 102 Å². The van der Waals surface area contributed by atoms with Crippen LogP contribution in [0.2, 0.25) is 0 Å². The molecular weight excluding hydrogens is 298 g/mol. The molecule has 0 aliphatic carbocycles. The fourth-order valence-electron chi connectivity index (χ4n) is 1.27. The number of nitrogens with zero attached hydrogens (tertiary/aromatic N) is 1. The molecule has 0 aromatic heterocycles. The standard InChI is InChI=1S/C9H10BrNO4S/c1-2-5-16(14,15)9-4-3-7(10)6-8(9)11(12)13/h3-4,6H,2,5H2,1H3. The number of sulfone groups is 1. The van der Waals surface area contributed by atoms with Gasteiger partial charge in [-0.15, -0.1) is 0 Å². The van der Waals surface area contributed by atoms with E-state index in [-0.39, 0.29) is 16.3 Å². The maximum atomic E-state index is 11.7. The Balaban J connectivity index is 3.39. The Morgan fingerprint density at radius 1 is 1.44 bits per heavy atom. The number of hydrogen-bond donors (Lipinski definition) is 0. The first-order valence-electron chi connectivity index (χ1n) is 4.55. The lowest BCUT2D eigenvalue weighted by Crippen LogP contribution is -2.08. The Kier molecular flexibility index (Phi) is 4.03. The lowest BCUT2D eigenvalue weighted by molar-refractivity contribution is -0.387. The number of benzene rings is 1. The Bertz CT molecular complexity index is 512. The summed E-state index contributed by atoms with van der Waals surface area (Å²) in [6.45, 7) is 1.71. The lowest BCUT2D eigenvalue weighted by Gasteiger charge is -2.04. The summed E-state index contributed by atoms with van der Waals surface area (Å²) in [5, 5.41) is 10.7. The third-order valence-electron chi connectivity index (χ3n) is 1.93. The van der Waals surface area contributed by atoms with Crippen molar-refractivity contribution >= 4 is 31.5 Å². The van der Waals surface area contributed by atoms with E-state index in [1.807, 2.05) is 0 Å². The summed E-state index contributed by atoms with van der Waals surface area (Å²) in [5.74, 6) is -0.0878. The van der Waals surface area contributed by atoms with E-state index in [0.29, 0.717) is 10.9 Å². The molecule has 1 aromatic carbocycles. The van der Waals surface area contributed by atoms with Gasteiger partial charge in [-0.2, -0.15) is 0 Å². The maximum Gasteiger partial charge on any atom is 0.289 e. The van der Waals surface area contributed by atoms with Gasteiger partial charge < -0.3 is 0 Å². The van der Waals surface area contributed by atoms with Gasteiger partial charge in [0.2, 0.25) is 0 Å². The van der Waals surface area contributed by atoms with Crippen molar-refractivity contribution in [3.05, 3.63) is 32.8 Å². The van der Waals surface area contributed by atoms with Gasteiger partial charge in [0.15, 0.2) is 9.84 Å². The second kappa shape index (κ2) is 4.92. The molecule has 0 aliphatic rings. The summed E-state index contributed by atoms with van der Waals surface area (Å²) < 4.78 is 24.0. The second-order valence-electron chi connectivity index (χ2n) is 3.19. The Hall–Kier alpha value is -0.950. The third kappa shape index (κ3) is 2.79. The van der Waals surface area contributed by atoms with Gasteiger partial charge in [-0.25, -0.2) is 8.42 Å². The molecular formula is C9H10BrNO4S. The van der Waals surface area contributed by atoms with Gasteiger partial charge in [0, 0.05) is 10.5 Å². The highest BCUT2D eigenvalue weighted by molar-refractivity contribution is 9.10. The lowest BCUT2D eigenvalue weighted by atomic mass is 10.3. The smallest absolute Gasteiger partial charge is 0.258 e. The van der Waals surface area contributed by atoms with Crippen molar-refractivity contribution in [1.82, 2.24) is 0 Å². The molecule has 16 heavy (non-hydrogen) atoms. The van der Waals surface area contributed by atoms with Crippen molar-refractivity contribution in [2.24, 2.45) is 0 Å². The van der Waals surface area contributed by atoms with Crippen LogP contribution in [0, 0.1) is 10.1 Å². The zero-order valence-corrected chi connectivity index (χ0v) is 10.9. The SMILES string of the molecule is CCCS(=O)(=O)c1ccc(Br)cc1[N+](=O)[O-]. The van der Waals surface area contributed by atoms with E-state index in [4.69, 9.17) is 0 Å². The molecule has 0 unspecified atom stereocenters. The quantitative estimate of drug-likeness (QED) is 0.632. The monoisotopic (exact) mass is 307 g/mol. The van der Waals surface area contributed by atoms with Crippen LogP contribution in [-0.2, 0) is 9.84 Å². The van der Waals surface area contributed by atoms with Gasteiger partial charge >= 0.3 is 0 Å². The molecule has 0 aliphatic heterocycles. The minimum absolute atomic E-state index is 0.0878. The number of nitro benzene ring substituents is 1. The summed E-state index contributed by atoms with van der Waals surface area (Å²) >= 11 is 3.07. The first kappa shape index (κ1) is 13.1. The van der Waals surface area contributed by atoms with Crippen molar-refractivity contribution in [1.29, 1.82) is 0 Å². The van der Waals surface area contributed by atoms with E-state index >= 15 is 0 Å². The maximum absolute atomic E-state index is 11.7. The molecule has 0 radical (unpaired) electrons. The molecule has 0 N–H and O–H groups in total. The number of halogens is 1. The van der Waals surface area contributed by atoms with E-state index in [9.17, 15) is 18.5 Å². The summed E-state index contributed by atoms with van der Waals surface area (Å²) in [6.07, 6.45) is 0.426. The van der Waals surface area contributed by atoms with E-state index in [0.717, 1.165) is 0 Å². The minimum atomic E-state index is -3.57. The van der Waals surface area contributed by atoms with Crippen molar-refractivity contribution < 1.29 is 13.3 Å². The van der Waals surface area contributed by atoms with Crippen molar-refractivity contribution in [2.45, 2.75) is 18.2 Å². The molecule has 88 valence electrons. The molecule has 0 amide bonds. The van der Waals surface area contributed by atoms with Gasteiger partial charge in [0.25, 0.3) is 5.69 Å². The molecule has 1 rings (SSSR count). The van der Waals surface area contributed by atoms with Crippen LogP contribution >= 0.6 is 15.9 Å². The fourth-order valence-corrected chi connectivity index (χ4v) is 3.11. The predicted molar refractivity (Wildman–Crippen MR) is 63.1 cm³/mol. The summed E-state index contributed by atoms with van der Waals surface area (Å²) in [4.78, 5) is 9.84. The first-order chi connectivity index (χ1) is 7.38. The molecule has 0 atom stereocenters. The van der Waals surface area contributed by atoms with Crippen molar-refractivity contribution in [3.63, 3.8) is 0 Å². The van der Waals surface area contributed by atoms with Gasteiger partial charge in [-0.3, -0.25) is 10.1 Å². The highest BCUT2D eigenvalue weighted by Gasteiger charge is 2.24. The molecule has 1 aromatic rings. The van der Waals surface area contributed by atoms with Crippen LogP contribution in [0.15, 0.2) is 27.6 Å². The minimum Gasteiger partial charge on any atom is -0.258 e. The highest BCUT2D eigenvalue weighted by atomic mass is 79.9. The largest absolute Gasteiger partial charge is 0.289 e. The average Bonchev–Trinajstić information content (AvgIpc) is 2.16. The van der Waals surface area contributed by atoms with E-state index in [1.54, 1.807) is 6.92 Å². The summed E-state index contributed by atoms with van der Waals surface area (Å²) in [7, 11) is -3.57. The summed E-state index contributed by atoms with van der Waals surface area (Å²) in [6, 6.07) is 3.94. The summed E-state index contributed by atoms with van der Waals surface area (Å²) in [5.41, 5.74) is -0.386. The molecule has 7 heteroatoms. The molecule has 0 bridgehead atoms. The fraction of sp³-hybridized carbons (Fsp3) is 0.333. The first-order valence-corrected chi connectivity index (χ1v) is 6.99. The Morgan fingerprint density at radius 2 is 2.06 bits per heavy atom. The van der Waals surface area contributed by atoms with E-state index in [2.05, 4.69) is 15.9 Å². The van der Waals surface area contributed by atoms with Crippen LogP contribution in [-0.4, -0.2) is 19.1 Å². The molecule has 0 heterocycles. The van der Waals surface area contributed by atoms with Gasteiger partial charge in [-0.1, -0.05) is 22.9 Å². The zero-order chi connectivity index (χ0) is 12.3. The van der Waals surface area contributed by atoms with Gasteiger partial charge in [-0.05, 0) is 18.6 Å². The van der Waals surface area contributed by atoms with Crippen molar-refractivity contribution in [3.8, 4) is 0 Å². The van der Waals surface area contributed by atoms with Crippen LogP contribution in [0.5, 0.6) is 0 Å². The molecule has 0 saturated heterocycles. The highest BCUT2D eigenvalue weighted by Crippen LogP contribution is 2.28. The van der Waals surface area contributed by atoms with Crippen LogP contribution in [0.4, 0.5) is 5.69 Å². The Morgan fingerprint density at radius 3 is 2.56 bits per heavy atom. The van der Waals surface area contributed by atoms with E-state index in [1.165, 1.54) is 18.2 Å². The van der Waals surface area contributed by atoms with Gasteiger partial charge in [0.05, 0.1) is 10.7 Å². The molecule has 0 fully saturated rings. The third-order valence-corrected chi connectivity index (χ3v) is 4.38. The van der Waals surface area contributed by atoms with Crippen molar-refractivity contribution in [2.75, 3.05) is 5.75 Å². The predicted octanol–water partition coefficient (Wildman–Crippen LogP) is 2.54. The molecule has 0 spiro atoms. The average molecular weight is 308 g/mol. The number of nitro groups is 1. The molecule has 0 saturated carbocycles. The number of rotatable bonds is 4. The number of hydrogen-bond acceptors (Lipinski definition) is 4. The van der Waals surface area contributed by atoms with E-state index < -0.39 is 14.8 Å².